The molecule has 0 radical (unpaired) electrons. The van der Waals surface area contributed by atoms with E-state index in [0.29, 0.717) is 21.9 Å². The Balaban J connectivity index is 1.34. The second-order valence-electron chi connectivity index (χ2n) is 12.2. The van der Waals surface area contributed by atoms with Crippen molar-refractivity contribution in [2.24, 2.45) is 0 Å². The highest BCUT2D eigenvalue weighted by atomic mass is 32.1. The molecular formula is C41H27N3S. The topological polar surface area (TPSA) is 30.7 Å². The van der Waals surface area contributed by atoms with E-state index in [9.17, 15) is 0 Å². The van der Waals surface area contributed by atoms with Crippen molar-refractivity contribution in [1.82, 2.24) is 14.5 Å². The minimum absolute atomic E-state index is 0.0688. The first-order valence-electron chi connectivity index (χ1n) is 17.5. The highest BCUT2D eigenvalue weighted by Crippen LogP contribution is 2.52. The van der Waals surface area contributed by atoms with Gasteiger partial charge in [-0.05, 0) is 57.3 Å². The summed E-state index contributed by atoms with van der Waals surface area (Å²) in [5, 5.41) is 5.33. The van der Waals surface area contributed by atoms with Gasteiger partial charge in [0.15, 0.2) is 0 Å². The third-order valence-corrected chi connectivity index (χ3v) is 10.7. The number of hydrogen-bond donors (Lipinski definition) is 0. The molecule has 3 aromatic heterocycles. The van der Waals surface area contributed by atoms with Gasteiger partial charge in [-0.3, -0.25) is 4.57 Å². The summed E-state index contributed by atoms with van der Waals surface area (Å²) >= 11 is 1.47. The molecule has 0 saturated heterocycles. The maximum Gasteiger partial charge on any atom is 0.235 e. The van der Waals surface area contributed by atoms with Gasteiger partial charge in [0.05, 0.1) is 33.8 Å². The molecule has 4 heteroatoms. The predicted octanol–water partition coefficient (Wildman–Crippen LogP) is 11.1. The lowest BCUT2D eigenvalue weighted by Gasteiger charge is -2.21. The van der Waals surface area contributed by atoms with E-state index < -0.39 is 18.1 Å². The van der Waals surface area contributed by atoms with Gasteiger partial charge in [0.2, 0.25) is 5.95 Å². The van der Waals surface area contributed by atoms with Gasteiger partial charge in [0, 0.05) is 31.8 Å². The highest BCUT2D eigenvalue weighted by molar-refractivity contribution is 7.26. The van der Waals surface area contributed by atoms with Crippen molar-refractivity contribution in [1.29, 1.82) is 0 Å². The summed E-state index contributed by atoms with van der Waals surface area (Å²) in [6, 6.07) is 32.0. The van der Waals surface area contributed by atoms with Gasteiger partial charge in [-0.2, -0.15) is 0 Å². The summed E-state index contributed by atoms with van der Waals surface area (Å²) in [5.74, 6) is 0.376. The summed E-state index contributed by atoms with van der Waals surface area (Å²) < 4.78 is 46.6. The number of hydrogen-bond acceptors (Lipinski definition) is 3. The Morgan fingerprint density at radius 2 is 1.47 bits per heavy atom. The van der Waals surface area contributed by atoms with Crippen LogP contribution in [0.3, 0.4) is 0 Å². The molecule has 0 spiro atoms. The van der Waals surface area contributed by atoms with E-state index in [1.807, 2.05) is 36.4 Å². The number of para-hydroxylation sites is 1. The summed E-state index contributed by atoms with van der Waals surface area (Å²) in [7, 11) is 0. The zero-order valence-corrected chi connectivity index (χ0v) is 25.3. The summed E-state index contributed by atoms with van der Waals surface area (Å²) in [4.78, 5) is 10.3. The second-order valence-corrected chi connectivity index (χ2v) is 13.3. The van der Waals surface area contributed by atoms with Gasteiger partial charge in [0.1, 0.15) is 0 Å². The quantitative estimate of drug-likeness (QED) is 0.198. The highest BCUT2D eigenvalue weighted by Gasteiger charge is 2.36. The van der Waals surface area contributed by atoms with Crippen molar-refractivity contribution in [3.8, 4) is 28.3 Å². The van der Waals surface area contributed by atoms with Crippen molar-refractivity contribution < 1.29 is 6.85 Å². The van der Waals surface area contributed by atoms with Gasteiger partial charge in [-0.1, -0.05) is 117 Å². The molecule has 0 aliphatic heterocycles. The first kappa shape index (κ1) is 20.6. The summed E-state index contributed by atoms with van der Waals surface area (Å²) in [5.41, 5.74) is 7.98. The maximum atomic E-state index is 8.89. The largest absolute Gasteiger partial charge is 0.278 e. The molecule has 6 aromatic carbocycles. The minimum Gasteiger partial charge on any atom is -0.278 e. The second kappa shape index (κ2) is 8.87. The molecular weight excluding hydrogens is 567 g/mol. The molecule has 0 saturated carbocycles. The Bertz CT molecular complexity index is 2950. The Kier molecular flexibility index (Phi) is 4.06. The maximum absolute atomic E-state index is 8.89. The zero-order chi connectivity index (χ0) is 34.2. The smallest absolute Gasteiger partial charge is 0.235 e. The van der Waals surface area contributed by atoms with Crippen LogP contribution in [0.5, 0.6) is 0 Å². The summed E-state index contributed by atoms with van der Waals surface area (Å²) in [6.07, 6.45) is 0. The molecule has 45 heavy (non-hydrogen) atoms. The third-order valence-electron chi connectivity index (χ3n) is 9.50. The van der Waals surface area contributed by atoms with E-state index in [-0.39, 0.29) is 23.1 Å². The average molecular weight is 599 g/mol. The minimum atomic E-state index is -0.433. The number of benzene rings is 6. The van der Waals surface area contributed by atoms with Crippen LogP contribution in [0.1, 0.15) is 31.8 Å². The van der Waals surface area contributed by atoms with E-state index >= 15 is 0 Å². The van der Waals surface area contributed by atoms with E-state index in [4.69, 9.17) is 16.8 Å². The average Bonchev–Trinajstić information content (AvgIpc) is 3.74. The van der Waals surface area contributed by atoms with Crippen LogP contribution in [0.4, 0.5) is 0 Å². The predicted molar refractivity (Wildman–Crippen MR) is 190 cm³/mol. The number of nitrogens with zero attached hydrogens (tertiary/aromatic N) is 3. The van der Waals surface area contributed by atoms with Gasteiger partial charge >= 0.3 is 0 Å². The normalized spacial score (nSPS) is 15.3. The molecule has 0 fully saturated rings. The molecule has 0 amide bonds. The number of aromatic nitrogens is 3. The first-order valence-corrected chi connectivity index (χ1v) is 15.8. The fourth-order valence-electron chi connectivity index (χ4n) is 7.42. The number of fused-ring (bicyclic) bond motifs is 11. The standard InChI is InChI=1S/C41H27N3S/c1-41(2)31-17-9-6-15-27(31)36-29-23-30-26-14-7-10-18-33(26)44(34(30)22-25(29)20-21-32(36)41)40-42-37(24-12-4-3-5-13-24)39-38(43-40)28-16-8-11-19-35(28)45-39/h3-23H,1-2H3/i3D,4D,5D,12D,13D. The molecule has 1 aliphatic carbocycles. The molecule has 212 valence electrons. The van der Waals surface area contributed by atoms with Crippen molar-refractivity contribution in [2.45, 2.75) is 19.3 Å². The Morgan fingerprint density at radius 1 is 0.689 bits per heavy atom. The van der Waals surface area contributed by atoms with Crippen molar-refractivity contribution in [3.63, 3.8) is 0 Å². The fraction of sp³-hybridized carbons (Fsp3) is 0.0732. The van der Waals surface area contributed by atoms with E-state index in [2.05, 4.69) is 79.1 Å². The molecule has 0 N–H and O–H groups in total. The Hall–Kier alpha value is -5.32. The molecule has 3 nitrogen and oxygen atoms in total. The van der Waals surface area contributed by atoms with Crippen LogP contribution < -0.4 is 0 Å². The zero-order valence-electron chi connectivity index (χ0n) is 29.5. The number of rotatable bonds is 2. The lowest BCUT2D eigenvalue weighted by molar-refractivity contribution is 0.661. The Morgan fingerprint density at radius 3 is 2.36 bits per heavy atom. The van der Waals surface area contributed by atoms with Crippen LogP contribution in [-0.4, -0.2) is 14.5 Å². The first-order chi connectivity index (χ1) is 24.1. The van der Waals surface area contributed by atoms with Crippen LogP contribution in [0, 0.1) is 0 Å². The molecule has 1 aliphatic rings. The van der Waals surface area contributed by atoms with Crippen molar-refractivity contribution in [2.75, 3.05) is 0 Å². The monoisotopic (exact) mass is 598 g/mol. The van der Waals surface area contributed by atoms with Crippen LogP contribution in [0.15, 0.2) is 127 Å². The molecule has 3 heterocycles. The van der Waals surface area contributed by atoms with Crippen LogP contribution in [0.25, 0.3) is 81.2 Å². The van der Waals surface area contributed by atoms with Gasteiger partial charge in [-0.15, -0.1) is 11.3 Å². The summed E-state index contributed by atoms with van der Waals surface area (Å²) in [6.45, 7) is 4.59. The molecule has 0 atom stereocenters. The SMILES string of the molecule is [2H]c1c([2H])c([2H])c(-c2nc(-n3c4ccccc4c4cc5c6c(ccc5cc43)C(C)(C)c3ccccc3-6)nc3c2sc2ccccc23)c([2H])c1[2H]. The lowest BCUT2D eigenvalue weighted by Crippen LogP contribution is -2.14. The lowest BCUT2D eigenvalue weighted by atomic mass is 9.82. The van der Waals surface area contributed by atoms with Crippen LogP contribution in [0.2, 0.25) is 0 Å². The van der Waals surface area contributed by atoms with Crippen LogP contribution in [-0.2, 0) is 5.41 Å². The molecule has 0 bridgehead atoms. The molecule has 9 aromatic rings. The van der Waals surface area contributed by atoms with E-state index in [1.54, 1.807) is 0 Å². The number of thiophene rings is 1. The molecule has 10 rings (SSSR count). The van der Waals surface area contributed by atoms with Gasteiger partial charge in [-0.25, -0.2) is 9.97 Å². The molecule has 0 unspecified atom stereocenters. The van der Waals surface area contributed by atoms with Crippen molar-refractivity contribution in [3.05, 3.63) is 138 Å². The van der Waals surface area contributed by atoms with Gasteiger partial charge < -0.3 is 0 Å². The Labute approximate surface area is 271 Å². The van der Waals surface area contributed by atoms with E-state index in [1.165, 1.54) is 39.0 Å². The van der Waals surface area contributed by atoms with E-state index in [0.717, 1.165) is 37.3 Å². The van der Waals surface area contributed by atoms with Crippen molar-refractivity contribution >= 4 is 64.2 Å². The third kappa shape index (κ3) is 3.35. The van der Waals surface area contributed by atoms with Crippen LogP contribution >= 0.6 is 11.3 Å². The fourth-order valence-corrected chi connectivity index (χ4v) is 8.56. The van der Waals surface area contributed by atoms with Gasteiger partial charge in [0.25, 0.3) is 0 Å².